The van der Waals surface area contributed by atoms with Crippen LogP contribution in [0.1, 0.15) is 52.4 Å². The monoisotopic (exact) mass is 364 g/mol. The third-order valence-corrected chi connectivity index (χ3v) is 8.83. The Labute approximate surface area is 155 Å². The second-order valence-corrected chi connectivity index (χ2v) is 9.76. The molecule has 0 bridgehead atoms. The van der Waals surface area contributed by atoms with Gasteiger partial charge in [-0.05, 0) is 73.8 Å². The van der Waals surface area contributed by atoms with E-state index in [0.717, 1.165) is 32.1 Å². The summed E-state index contributed by atoms with van der Waals surface area (Å²) in [5.41, 5.74) is 0.163. The molecule has 0 aliphatic heterocycles. The van der Waals surface area contributed by atoms with E-state index in [1.54, 1.807) is 12.2 Å². The molecule has 4 heteroatoms. The Hall–Kier alpha value is -0.640. The zero-order valence-corrected chi connectivity index (χ0v) is 15.9. The maximum Gasteiger partial charge on any atom is 0.178 e. The molecule has 0 aromatic rings. The highest BCUT2D eigenvalue weighted by atomic mass is 35.5. The fourth-order valence-corrected chi connectivity index (χ4v) is 7.35. The summed E-state index contributed by atoms with van der Waals surface area (Å²) >= 11 is 6.91. The highest BCUT2D eigenvalue weighted by Gasteiger charge is 2.64. The first-order valence-electron chi connectivity index (χ1n) is 9.67. The van der Waals surface area contributed by atoms with E-state index in [0.29, 0.717) is 24.2 Å². The molecule has 3 fully saturated rings. The molecule has 0 heterocycles. The Morgan fingerprint density at radius 1 is 1.24 bits per heavy atom. The van der Waals surface area contributed by atoms with Crippen molar-refractivity contribution in [3.8, 4) is 0 Å². The van der Waals surface area contributed by atoms with Crippen LogP contribution in [0.4, 0.5) is 0 Å². The summed E-state index contributed by atoms with van der Waals surface area (Å²) in [6, 6.07) is 0. The lowest BCUT2D eigenvalue weighted by Gasteiger charge is -2.59. The molecule has 3 saturated carbocycles. The molecule has 25 heavy (non-hydrogen) atoms. The molecule has 0 saturated heterocycles. The lowest BCUT2D eigenvalue weighted by molar-refractivity contribution is -0.128. The number of rotatable bonds is 2. The molecular formula is C21H29ClO3. The third kappa shape index (κ3) is 2.28. The Kier molecular flexibility index (Phi) is 4.03. The number of carbonyl (C=O) groups excluding carboxylic acids is 1. The molecule has 138 valence electrons. The summed E-state index contributed by atoms with van der Waals surface area (Å²) in [5.74, 6) is 1.24. The Morgan fingerprint density at radius 2 is 1.96 bits per heavy atom. The SMILES string of the molecule is C[C@]12C=CC(=O)C=C1C[C@@H](Cl)[C@@H]1[C@@H]2CC[C@@]2(C)[C@H]1CC[C@]2(O)CCO. The van der Waals surface area contributed by atoms with Crippen molar-refractivity contribution in [1.29, 1.82) is 0 Å². The number of carbonyl (C=O) groups is 1. The molecule has 0 aromatic carbocycles. The first kappa shape index (κ1) is 17.8. The van der Waals surface area contributed by atoms with Crippen LogP contribution in [-0.2, 0) is 4.79 Å². The van der Waals surface area contributed by atoms with E-state index in [4.69, 9.17) is 11.6 Å². The predicted octanol–water partition coefficient (Wildman–Crippen LogP) is 3.63. The number of aliphatic hydroxyl groups excluding tert-OH is 1. The van der Waals surface area contributed by atoms with Gasteiger partial charge in [0, 0.05) is 17.4 Å². The smallest absolute Gasteiger partial charge is 0.178 e. The Morgan fingerprint density at radius 3 is 2.68 bits per heavy atom. The third-order valence-electron chi connectivity index (χ3n) is 8.38. The van der Waals surface area contributed by atoms with Gasteiger partial charge in [0.2, 0.25) is 0 Å². The van der Waals surface area contributed by atoms with E-state index in [1.807, 2.05) is 0 Å². The van der Waals surface area contributed by atoms with Gasteiger partial charge >= 0.3 is 0 Å². The van der Waals surface area contributed by atoms with Crippen LogP contribution in [-0.4, -0.2) is 33.6 Å². The van der Waals surface area contributed by atoms with E-state index in [-0.39, 0.29) is 28.6 Å². The fourth-order valence-electron chi connectivity index (χ4n) is 6.83. The van der Waals surface area contributed by atoms with Gasteiger partial charge in [-0.15, -0.1) is 11.6 Å². The largest absolute Gasteiger partial charge is 0.396 e. The number of allylic oxidation sites excluding steroid dienone is 4. The van der Waals surface area contributed by atoms with Crippen molar-refractivity contribution in [3.05, 3.63) is 23.8 Å². The number of alkyl halides is 1. The van der Waals surface area contributed by atoms with Crippen molar-refractivity contribution in [2.45, 2.75) is 63.4 Å². The predicted molar refractivity (Wildman–Crippen MR) is 98.3 cm³/mol. The first-order valence-corrected chi connectivity index (χ1v) is 10.1. The molecule has 4 aliphatic rings. The molecule has 3 nitrogen and oxygen atoms in total. The second-order valence-electron chi connectivity index (χ2n) is 9.20. The van der Waals surface area contributed by atoms with Gasteiger partial charge in [-0.3, -0.25) is 4.79 Å². The maximum atomic E-state index is 11.9. The van der Waals surface area contributed by atoms with Crippen molar-refractivity contribution in [2.24, 2.45) is 28.6 Å². The molecule has 2 N–H and O–H groups in total. The number of fused-ring (bicyclic) bond motifs is 5. The minimum absolute atomic E-state index is 0.0183. The standard InChI is InChI=1S/C21H29ClO3/c1-19-6-3-14(24)11-13(19)12-17(22)18-15(19)4-7-20(2)16(18)5-8-21(20,25)9-10-23/h3,6,11,15-18,23,25H,4-5,7-10,12H2,1-2H3/t15-,16-,17+,18+,19-,20-,21-/m0/s1. The molecule has 4 rings (SSSR count). The van der Waals surface area contributed by atoms with Crippen molar-refractivity contribution < 1.29 is 15.0 Å². The summed E-state index contributed by atoms with van der Waals surface area (Å²) in [4.78, 5) is 11.9. The average Bonchev–Trinajstić information content (AvgIpc) is 2.81. The number of hydrogen-bond acceptors (Lipinski definition) is 3. The summed E-state index contributed by atoms with van der Waals surface area (Å²) in [6.45, 7) is 4.51. The van der Waals surface area contributed by atoms with Crippen LogP contribution < -0.4 is 0 Å². The van der Waals surface area contributed by atoms with E-state index < -0.39 is 5.60 Å². The number of halogens is 1. The van der Waals surface area contributed by atoms with Crippen LogP contribution >= 0.6 is 11.6 Å². The van der Waals surface area contributed by atoms with Crippen molar-refractivity contribution in [2.75, 3.05) is 6.61 Å². The minimum Gasteiger partial charge on any atom is -0.396 e. The van der Waals surface area contributed by atoms with Crippen LogP contribution in [0.2, 0.25) is 0 Å². The zero-order valence-electron chi connectivity index (χ0n) is 15.2. The van der Waals surface area contributed by atoms with Crippen LogP contribution in [0.15, 0.2) is 23.8 Å². The quantitative estimate of drug-likeness (QED) is 0.736. The molecule has 0 unspecified atom stereocenters. The van der Waals surface area contributed by atoms with E-state index in [9.17, 15) is 15.0 Å². The molecular weight excluding hydrogens is 336 g/mol. The topological polar surface area (TPSA) is 57.5 Å². The van der Waals surface area contributed by atoms with Gasteiger partial charge in [0.25, 0.3) is 0 Å². The van der Waals surface area contributed by atoms with Crippen molar-refractivity contribution in [3.63, 3.8) is 0 Å². The summed E-state index contributed by atoms with van der Waals surface area (Å²) < 4.78 is 0. The fraction of sp³-hybridized carbons (Fsp3) is 0.762. The molecule has 0 aromatic heterocycles. The Balaban J connectivity index is 1.72. The van der Waals surface area contributed by atoms with Gasteiger partial charge in [0.15, 0.2) is 5.78 Å². The summed E-state index contributed by atoms with van der Waals surface area (Å²) in [5, 5.41) is 20.8. The Bertz CT molecular complexity index is 656. The number of hydrogen-bond donors (Lipinski definition) is 2. The molecule has 0 radical (unpaired) electrons. The molecule has 7 atom stereocenters. The highest BCUT2D eigenvalue weighted by molar-refractivity contribution is 6.21. The molecule has 4 aliphatic carbocycles. The molecule has 0 amide bonds. The lowest BCUT2D eigenvalue weighted by atomic mass is 9.47. The van der Waals surface area contributed by atoms with Crippen LogP contribution in [0, 0.1) is 28.6 Å². The average molecular weight is 365 g/mol. The second kappa shape index (κ2) is 5.68. The van der Waals surface area contributed by atoms with Crippen LogP contribution in [0.25, 0.3) is 0 Å². The number of ketones is 1. The van der Waals surface area contributed by atoms with Gasteiger partial charge < -0.3 is 10.2 Å². The lowest BCUT2D eigenvalue weighted by Crippen LogP contribution is -2.57. The maximum absolute atomic E-state index is 11.9. The zero-order chi connectivity index (χ0) is 18.0. The van der Waals surface area contributed by atoms with Crippen molar-refractivity contribution in [1.82, 2.24) is 0 Å². The first-order chi connectivity index (χ1) is 11.7. The summed E-state index contributed by atoms with van der Waals surface area (Å²) in [6.07, 6.45) is 10.6. The molecule has 0 spiro atoms. The van der Waals surface area contributed by atoms with Gasteiger partial charge in [0.1, 0.15) is 0 Å². The minimum atomic E-state index is -0.774. The van der Waals surface area contributed by atoms with E-state index in [2.05, 4.69) is 19.9 Å². The highest BCUT2D eigenvalue weighted by Crippen LogP contribution is 2.68. The van der Waals surface area contributed by atoms with Gasteiger partial charge in [-0.25, -0.2) is 0 Å². The van der Waals surface area contributed by atoms with Crippen LogP contribution in [0.5, 0.6) is 0 Å². The van der Waals surface area contributed by atoms with Gasteiger partial charge in [-0.2, -0.15) is 0 Å². The van der Waals surface area contributed by atoms with Crippen molar-refractivity contribution >= 4 is 17.4 Å². The normalized spacial score (nSPS) is 51.6. The van der Waals surface area contributed by atoms with Gasteiger partial charge in [-0.1, -0.05) is 25.5 Å². The van der Waals surface area contributed by atoms with Gasteiger partial charge in [0.05, 0.1) is 5.60 Å². The van der Waals surface area contributed by atoms with Crippen LogP contribution in [0.3, 0.4) is 0 Å². The summed E-state index contributed by atoms with van der Waals surface area (Å²) in [7, 11) is 0. The van der Waals surface area contributed by atoms with E-state index in [1.165, 1.54) is 5.57 Å². The van der Waals surface area contributed by atoms with E-state index >= 15 is 0 Å². The number of aliphatic hydroxyl groups is 2.